The van der Waals surface area contributed by atoms with Crippen molar-refractivity contribution in [1.29, 1.82) is 0 Å². The molecule has 0 N–H and O–H groups in total. The number of hydrogen-bond donors (Lipinski definition) is 0. The molecule has 1 saturated heterocycles. The van der Waals surface area contributed by atoms with E-state index >= 15 is 0 Å². The second-order valence-electron chi connectivity index (χ2n) is 5.78. The molecule has 1 aliphatic heterocycles. The third-order valence-corrected chi connectivity index (χ3v) is 4.13. The summed E-state index contributed by atoms with van der Waals surface area (Å²) in [6.45, 7) is 7.79. The van der Waals surface area contributed by atoms with Crippen LogP contribution < -0.4 is 0 Å². The zero-order valence-electron chi connectivity index (χ0n) is 11.7. The van der Waals surface area contributed by atoms with Crippen LogP contribution in [0.1, 0.15) is 32.3 Å². The van der Waals surface area contributed by atoms with E-state index in [1.807, 2.05) is 12.1 Å². The molecule has 4 heteroatoms. The van der Waals surface area contributed by atoms with E-state index in [1.165, 1.54) is 12.8 Å². The Labute approximate surface area is 114 Å². The lowest BCUT2D eigenvalue weighted by Crippen LogP contribution is -2.34. The lowest BCUT2D eigenvalue weighted by Gasteiger charge is -2.33. The fourth-order valence-electron chi connectivity index (χ4n) is 2.76. The van der Waals surface area contributed by atoms with Gasteiger partial charge in [0.2, 0.25) is 0 Å². The summed E-state index contributed by atoms with van der Waals surface area (Å²) in [5, 5.41) is 10.6. The average molecular weight is 262 g/mol. The summed E-state index contributed by atoms with van der Waals surface area (Å²) in [4.78, 5) is 12.7. The minimum absolute atomic E-state index is 0.169. The van der Waals surface area contributed by atoms with Gasteiger partial charge in [-0.25, -0.2) is 0 Å². The lowest BCUT2D eigenvalue weighted by atomic mass is 9.86. The maximum atomic E-state index is 10.6. The fraction of sp³-hybridized carbons (Fsp3) is 0.600. The Morgan fingerprint density at radius 1 is 1.26 bits per heavy atom. The molecule has 0 unspecified atom stereocenters. The van der Waals surface area contributed by atoms with E-state index in [-0.39, 0.29) is 10.6 Å². The highest BCUT2D eigenvalue weighted by Crippen LogP contribution is 2.25. The molecule has 104 valence electrons. The van der Waals surface area contributed by atoms with E-state index in [0.717, 1.165) is 37.0 Å². The van der Waals surface area contributed by atoms with Gasteiger partial charge in [0.05, 0.1) is 4.92 Å². The van der Waals surface area contributed by atoms with Crippen LogP contribution >= 0.6 is 0 Å². The molecular weight excluding hydrogens is 240 g/mol. The van der Waals surface area contributed by atoms with Crippen LogP contribution in [0.25, 0.3) is 0 Å². The molecule has 0 aliphatic carbocycles. The zero-order valence-corrected chi connectivity index (χ0v) is 11.7. The average Bonchev–Trinajstić information content (AvgIpc) is 2.40. The van der Waals surface area contributed by atoms with E-state index in [1.54, 1.807) is 12.1 Å². The fourth-order valence-corrected chi connectivity index (χ4v) is 2.76. The van der Waals surface area contributed by atoms with Crippen LogP contribution in [0.4, 0.5) is 5.69 Å². The number of non-ortho nitro benzene ring substituents is 1. The van der Waals surface area contributed by atoms with E-state index < -0.39 is 0 Å². The maximum absolute atomic E-state index is 10.6. The predicted molar refractivity (Wildman–Crippen MR) is 75.9 cm³/mol. The standard InChI is InChI=1S/C15H22N2O2/c1-12(2)14-7-9-16(10-8-14)11-13-3-5-15(6-4-13)17(18)19/h3-6,12,14H,7-11H2,1-2H3. The van der Waals surface area contributed by atoms with Gasteiger partial charge in [0.15, 0.2) is 0 Å². The number of nitro benzene ring substituents is 1. The molecule has 0 bridgehead atoms. The molecule has 1 heterocycles. The Kier molecular flexibility index (Phi) is 4.53. The summed E-state index contributed by atoms with van der Waals surface area (Å²) in [6.07, 6.45) is 2.54. The maximum Gasteiger partial charge on any atom is 0.269 e. The summed E-state index contributed by atoms with van der Waals surface area (Å²) < 4.78 is 0. The van der Waals surface area contributed by atoms with E-state index in [9.17, 15) is 10.1 Å². The largest absolute Gasteiger partial charge is 0.299 e. The third kappa shape index (κ3) is 3.77. The molecule has 1 fully saturated rings. The molecule has 1 aliphatic rings. The van der Waals surface area contributed by atoms with Crippen molar-refractivity contribution in [2.75, 3.05) is 13.1 Å². The Morgan fingerprint density at radius 2 is 1.84 bits per heavy atom. The SMILES string of the molecule is CC(C)C1CCN(Cc2ccc([N+](=O)[O-])cc2)CC1. The number of likely N-dealkylation sites (tertiary alicyclic amines) is 1. The van der Waals surface area contributed by atoms with Gasteiger partial charge in [-0.3, -0.25) is 15.0 Å². The molecular formula is C15H22N2O2. The van der Waals surface area contributed by atoms with Gasteiger partial charge in [0.25, 0.3) is 5.69 Å². The van der Waals surface area contributed by atoms with Crippen LogP contribution in [0.5, 0.6) is 0 Å². The Hall–Kier alpha value is -1.42. The number of rotatable bonds is 4. The Morgan fingerprint density at radius 3 is 2.32 bits per heavy atom. The summed E-state index contributed by atoms with van der Waals surface area (Å²) in [7, 11) is 0. The van der Waals surface area contributed by atoms with E-state index in [2.05, 4.69) is 18.7 Å². The molecule has 0 amide bonds. The van der Waals surface area contributed by atoms with E-state index in [4.69, 9.17) is 0 Å². The molecule has 0 radical (unpaired) electrons. The molecule has 0 atom stereocenters. The topological polar surface area (TPSA) is 46.4 Å². The summed E-state index contributed by atoms with van der Waals surface area (Å²) in [5.41, 5.74) is 1.33. The first-order valence-electron chi connectivity index (χ1n) is 7.02. The summed E-state index contributed by atoms with van der Waals surface area (Å²) in [6, 6.07) is 6.92. The minimum Gasteiger partial charge on any atom is -0.299 e. The molecule has 1 aromatic rings. The monoisotopic (exact) mass is 262 g/mol. The van der Waals surface area contributed by atoms with Gasteiger partial charge in [0.1, 0.15) is 0 Å². The first kappa shape index (κ1) is 14.0. The van der Waals surface area contributed by atoms with Gasteiger partial charge in [-0.2, -0.15) is 0 Å². The first-order chi connectivity index (χ1) is 9.06. The summed E-state index contributed by atoms with van der Waals surface area (Å²) in [5.74, 6) is 1.63. The first-order valence-corrected chi connectivity index (χ1v) is 7.02. The molecule has 0 spiro atoms. The quantitative estimate of drug-likeness (QED) is 0.616. The molecule has 19 heavy (non-hydrogen) atoms. The second kappa shape index (κ2) is 6.15. The van der Waals surface area contributed by atoms with Crippen LogP contribution in [-0.4, -0.2) is 22.9 Å². The van der Waals surface area contributed by atoms with Gasteiger partial charge < -0.3 is 0 Å². The molecule has 0 saturated carbocycles. The van der Waals surface area contributed by atoms with Gasteiger partial charge in [-0.1, -0.05) is 26.0 Å². The van der Waals surface area contributed by atoms with Crippen molar-refractivity contribution in [3.63, 3.8) is 0 Å². The smallest absolute Gasteiger partial charge is 0.269 e. The van der Waals surface area contributed by atoms with Crippen LogP contribution in [0.2, 0.25) is 0 Å². The van der Waals surface area contributed by atoms with Gasteiger partial charge in [0, 0.05) is 18.7 Å². The number of piperidine rings is 1. The van der Waals surface area contributed by atoms with Crippen molar-refractivity contribution in [2.24, 2.45) is 11.8 Å². The third-order valence-electron chi connectivity index (χ3n) is 4.13. The Bertz CT molecular complexity index is 420. The minimum atomic E-state index is -0.349. The van der Waals surface area contributed by atoms with Crippen molar-refractivity contribution in [1.82, 2.24) is 4.90 Å². The highest BCUT2D eigenvalue weighted by atomic mass is 16.6. The van der Waals surface area contributed by atoms with Gasteiger partial charge >= 0.3 is 0 Å². The number of nitrogens with zero attached hydrogens (tertiary/aromatic N) is 2. The van der Waals surface area contributed by atoms with Crippen molar-refractivity contribution in [3.05, 3.63) is 39.9 Å². The van der Waals surface area contributed by atoms with E-state index in [0.29, 0.717) is 0 Å². The second-order valence-corrected chi connectivity index (χ2v) is 5.78. The van der Waals surface area contributed by atoms with Crippen molar-refractivity contribution in [2.45, 2.75) is 33.2 Å². The van der Waals surface area contributed by atoms with Crippen LogP contribution in [0, 0.1) is 22.0 Å². The van der Waals surface area contributed by atoms with Crippen molar-refractivity contribution in [3.8, 4) is 0 Å². The zero-order chi connectivity index (χ0) is 13.8. The highest BCUT2D eigenvalue weighted by molar-refractivity contribution is 5.32. The normalized spacial score (nSPS) is 17.8. The summed E-state index contributed by atoms with van der Waals surface area (Å²) >= 11 is 0. The Balaban J connectivity index is 1.87. The lowest BCUT2D eigenvalue weighted by molar-refractivity contribution is -0.384. The van der Waals surface area contributed by atoms with Crippen molar-refractivity contribution < 1.29 is 4.92 Å². The van der Waals surface area contributed by atoms with Crippen molar-refractivity contribution >= 4 is 5.69 Å². The molecule has 0 aromatic heterocycles. The van der Waals surface area contributed by atoms with Crippen LogP contribution in [0.3, 0.4) is 0 Å². The number of nitro groups is 1. The van der Waals surface area contributed by atoms with Gasteiger partial charge in [-0.05, 0) is 43.3 Å². The predicted octanol–water partition coefficient (Wildman–Crippen LogP) is 3.46. The number of hydrogen-bond acceptors (Lipinski definition) is 3. The molecule has 2 rings (SSSR count). The highest BCUT2D eigenvalue weighted by Gasteiger charge is 2.21. The number of benzene rings is 1. The van der Waals surface area contributed by atoms with Crippen LogP contribution in [0.15, 0.2) is 24.3 Å². The molecule has 1 aromatic carbocycles. The van der Waals surface area contributed by atoms with Crippen LogP contribution in [-0.2, 0) is 6.54 Å². The van der Waals surface area contributed by atoms with Gasteiger partial charge in [-0.15, -0.1) is 0 Å². The molecule has 4 nitrogen and oxygen atoms in total.